The van der Waals surface area contributed by atoms with Crippen molar-refractivity contribution in [3.05, 3.63) is 35.5 Å². The van der Waals surface area contributed by atoms with Crippen molar-refractivity contribution in [1.82, 2.24) is 25.5 Å². The predicted octanol–water partition coefficient (Wildman–Crippen LogP) is 2.13. The molecule has 3 aromatic rings. The number of hydrogen-bond acceptors (Lipinski definition) is 5. The maximum Gasteiger partial charge on any atom is 0.170 e. The van der Waals surface area contributed by atoms with Crippen molar-refractivity contribution < 1.29 is 0 Å². The Kier molecular flexibility index (Phi) is 2.56. The summed E-state index contributed by atoms with van der Waals surface area (Å²) in [5.41, 5.74) is 1.02. The molecule has 1 fully saturated rings. The molecule has 2 heterocycles. The Hall–Kier alpha value is -1.79. The maximum absolute atomic E-state index is 4.10. The lowest BCUT2D eigenvalue weighted by Crippen LogP contribution is -2.18. The van der Waals surface area contributed by atoms with Crippen LogP contribution in [0.1, 0.15) is 18.7 Å². The zero-order chi connectivity index (χ0) is 12.7. The van der Waals surface area contributed by atoms with Gasteiger partial charge in [-0.1, -0.05) is 0 Å². The van der Waals surface area contributed by atoms with Gasteiger partial charge in [0.05, 0.1) is 12.2 Å². The first-order chi connectivity index (χ1) is 9.40. The molecule has 2 aromatic heterocycles. The molecule has 0 atom stereocenters. The second-order valence-corrected chi connectivity index (χ2v) is 5.75. The number of aromatic nitrogens is 4. The minimum atomic E-state index is 0.657. The Morgan fingerprint density at radius 3 is 3.16 bits per heavy atom. The van der Waals surface area contributed by atoms with Crippen molar-refractivity contribution >= 4 is 21.4 Å². The van der Waals surface area contributed by atoms with Crippen LogP contribution in [0.4, 0.5) is 0 Å². The van der Waals surface area contributed by atoms with Gasteiger partial charge in [-0.05, 0) is 58.3 Å². The smallest absolute Gasteiger partial charge is 0.170 e. The van der Waals surface area contributed by atoms with Crippen LogP contribution in [0, 0.1) is 0 Å². The van der Waals surface area contributed by atoms with E-state index in [0.29, 0.717) is 6.04 Å². The standard InChI is InChI=1S/C13H13N5S/c1-2-10(1)14-8-13-15-16-17-18(13)11-3-4-12-9(7-11)5-6-19-12/h3-7,10,14H,1-2,8H2. The highest BCUT2D eigenvalue weighted by Gasteiger charge is 2.21. The largest absolute Gasteiger partial charge is 0.307 e. The monoisotopic (exact) mass is 271 g/mol. The molecule has 19 heavy (non-hydrogen) atoms. The van der Waals surface area contributed by atoms with Crippen LogP contribution < -0.4 is 5.32 Å². The Morgan fingerprint density at radius 2 is 2.26 bits per heavy atom. The first-order valence-electron chi connectivity index (χ1n) is 6.38. The summed E-state index contributed by atoms with van der Waals surface area (Å²) in [6.07, 6.45) is 2.53. The molecule has 0 unspecified atom stereocenters. The predicted molar refractivity (Wildman–Crippen MR) is 74.4 cm³/mol. The van der Waals surface area contributed by atoms with E-state index in [9.17, 15) is 0 Å². The van der Waals surface area contributed by atoms with Crippen LogP contribution in [0.2, 0.25) is 0 Å². The Bertz CT molecular complexity index is 712. The van der Waals surface area contributed by atoms with Gasteiger partial charge >= 0.3 is 0 Å². The number of tetrazole rings is 1. The lowest BCUT2D eigenvalue weighted by atomic mass is 10.2. The molecule has 96 valence electrons. The van der Waals surface area contributed by atoms with Gasteiger partial charge in [-0.25, -0.2) is 0 Å². The number of hydrogen-bond donors (Lipinski definition) is 1. The zero-order valence-electron chi connectivity index (χ0n) is 10.3. The summed E-state index contributed by atoms with van der Waals surface area (Å²) >= 11 is 1.75. The average Bonchev–Trinajstić information content (AvgIpc) is 2.97. The normalized spacial score (nSPS) is 15.2. The SMILES string of the molecule is c1cc2cc(-n3nnnc3CNC3CC3)ccc2s1. The van der Waals surface area contributed by atoms with E-state index in [1.165, 1.54) is 22.9 Å². The van der Waals surface area contributed by atoms with Crippen molar-refractivity contribution in [2.24, 2.45) is 0 Å². The molecule has 5 nitrogen and oxygen atoms in total. The van der Waals surface area contributed by atoms with Crippen molar-refractivity contribution in [1.29, 1.82) is 0 Å². The first-order valence-corrected chi connectivity index (χ1v) is 7.26. The molecule has 0 saturated heterocycles. The van der Waals surface area contributed by atoms with Gasteiger partial charge in [-0.2, -0.15) is 4.68 Å². The van der Waals surface area contributed by atoms with Crippen molar-refractivity contribution in [2.75, 3.05) is 0 Å². The molecule has 4 rings (SSSR count). The molecule has 0 radical (unpaired) electrons. The quantitative estimate of drug-likeness (QED) is 0.790. The van der Waals surface area contributed by atoms with E-state index in [-0.39, 0.29) is 0 Å². The summed E-state index contributed by atoms with van der Waals surface area (Å²) in [5, 5.41) is 18.8. The zero-order valence-corrected chi connectivity index (χ0v) is 11.1. The Morgan fingerprint density at radius 1 is 1.32 bits per heavy atom. The molecule has 0 spiro atoms. The minimum Gasteiger partial charge on any atom is -0.307 e. The number of benzene rings is 1. The molecule has 1 aromatic carbocycles. The van der Waals surface area contributed by atoms with Crippen LogP contribution in [-0.4, -0.2) is 26.2 Å². The summed E-state index contributed by atoms with van der Waals surface area (Å²) in [4.78, 5) is 0. The molecular formula is C13H13N5S. The van der Waals surface area contributed by atoms with Crippen molar-refractivity contribution in [3.8, 4) is 5.69 Å². The number of nitrogens with one attached hydrogen (secondary N) is 1. The van der Waals surface area contributed by atoms with E-state index in [1.54, 1.807) is 11.3 Å². The molecule has 1 aliphatic rings. The minimum absolute atomic E-state index is 0.657. The third-order valence-corrected chi connectivity index (χ3v) is 4.24. The molecular weight excluding hydrogens is 258 g/mol. The van der Waals surface area contributed by atoms with Gasteiger partial charge in [0.25, 0.3) is 0 Å². The number of thiophene rings is 1. The van der Waals surface area contributed by atoms with Crippen LogP contribution in [0.15, 0.2) is 29.6 Å². The summed E-state index contributed by atoms with van der Waals surface area (Å²) in [5.74, 6) is 0.862. The second-order valence-electron chi connectivity index (χ2n) is 4.80. The van der Waals surface area contributed by atoms with Gasteiger partial charge in [0, 0.05) is 10.7 Å². The maximum atomic E-state index is 4.10. The van der Waals surface area contributed by atoms with Crippen LogP contribution in [0.25, 0.3) is 15.8 Å². The van der Waals surface area contributed by atoms with Gasteiger partial charge in [-0.15, -0.1) is 16.4 Å². The molecule has 1 aliphatic carbocycles. The van der Waals surface area contributed by atoms with E-state index in [2.05, 4.69) is 50.5 Å². The molecule has 1 saturated carbocycles. The number of rotatable bonds is 4. The summed E-state index contributed by atoms with van der Waals surface area (Å²) in [7, 11) is 0. The van der Waals surface area contributed by atoms with Crippen LogP contribution in [-0.2, 0) is 6.54 Å². The Balaban J connectivity index is 1.67. The fourth-order valence-electron chi connectivity index (χ4n) is 2.13. The molecule has 1 N–H and O–H groups in total. The lowest BCUT2D eigenvalue weighted by Gasteiger charge is -2.05. The Labute approximate surface area is 114 Å². The van der Waals surface area contributed by atoms with Gasteiger partial charge < -0.3 is 5.32 Å². The van der Waals surface area contributed by atoms with Crippen LogP contribution >= 0.6 is 11.3 Å². The third-order valence-electron chi connectivity index (χ3n) is 3.34. The van der Waals surface area contributed by atoms with Crippen LogP contribution in [0.5, 0.6) is 0 Å². The van der Waals surface area contributed by atoms with Gasteiger partial charge in [0.2, 0.25) is 0 Å². The third kappa shape index (κ3) is 2.13. The van der Waals surface area contributed by atoms with Crippen molar-refractivity contribution in [2.45, 2.75) is 25.4 Å². The average molecular weight is 271 g/mol. The molecule has 0 amide bonds. The fraction of sp³-hybridized carbons (Fsp3) is 0.308. The van der Waals surface area contributed by atoms with E-state index in [4.69, 9.17) is 0 Å². The topological polar surface area (TPSA) is 55.6 Å². The molecule has 0 bridgehead atoms. The summed E-state index contributed by atoms with van der Waals surface area (Å²) in [6.45, 7) is 0.722. The number of nitrogens with zero attached hydrogens (tertiary/aromatic N) is 4. The summed E-state index contributed by atoms with van der Waals surface area (Å²) < 4.78 is 3.10. The van der Waals surface area contributed by atoms with Gasteiger partial charge in [0.15, 0.2) is 5.82 Å². The number of fused-ring (bicyclic) bond motifs is 1. The van der Waals surface area contributed by atoms with E-state index >= 15 is 0 Å². The fourth-order valence-corrected chi connectivity index (χ4v) is 2.90. The van der Waals surface area contributed by atoms with Gasteiger partial charge in [-0.3, -0.25) is 0 Å². The molecule has 6 heteroatoms. The highest BCUT2D eigenvalue weighted by Crippen LogP contribution is 2.24. The van der Waals surface area contributed by atoms with E-state index in [1.807, 2.05) is 4.68 Å². The van der Waals surface area contributed by atoms with Crippen LogP contribution in [0.3, 0.4) is 0 Å². The van der Waals surface area contributed by atoms with Crippen molar-refractivity contribution in [3.63, 3.8) is 0 Å². The highest BCUT2D eigenvalue weighted by atomic mass is 32.1. The van der Waals surface area contributed by atoms with Gasteiger partial charge in [0.1, 0.15) is 0 Å². The summed E-state index contributed by atoms with van der Waals surface area (Å²) in [6, 6.07) is 9.09. The first kappa shape index (κ1) is 11.1. The van der Waals surface area contributed by atoms with E-state index < -0.39 is 0 Å². The lowest BCUT2D eigenvalue weighted by molar-refractivity contribution is 0.638. The highest BCUT2D eigenvalue weighted by molar-refractivity contribution is 7.17. The molecule has 0 aliphatic heterocycles. The van der Waals surface area contributed by atoms with E-state index in [0.717, 1.165) is 18.1 Å². The second kappa shape index (κ2) is 4.40.